The first-order chi connectivity index (χ1) is 13.0. The fourth-order valence-electron chi connectivity index (χ4n) is 3.43. The number of hydrogen-bond acceptors (Lipinski definition) is 4. The Labute approximate surface area is 158 Å². The van der Waals surface area contributed by atoms with Crippen LogP contribution in [-0.2, 0) is 15.0 Å². The minimum Gasteiger partial charge on any atom is -0.497 e. The van der Waals surface area contributed by atoms with Crippen molar-refractivity contribution < 1.29 is 24.2 Å². The molecule has 1 saturated heterocycles. The Morgan fingerprint density at radius 3 is 2.15 bits per heavy atom. The molecule has 1 N–H and O–H groups in total. The van der Waals surface area contributed by atoms with Gasteiger partial charge in [0.15, 0.2) is 6.61 Å². The van der Waals surface area contributed by atoms with Gasteiger partial charge >= 0.3 is 5.97 Å². The van der Waals surface area contributed by atoms with Gasteiger partial charge in [-0.05, 0) is 42.7 Å². The Morgan fingerprint density at radius 2 is 1.59 bits per heavy atom. The van der Waals surface area contributed by atoms with E-state index in [9.17, 15) is 14.7 Å². The molecule has 1 heterocycles. The average molecular weight is 369 g/mol. The molecule has 2 aromatic carbocycles. The van der Waals surface area contributed by atoms with Gasteiger partial charge in [0.2, 0.25) is 0 Å². The quantitative estimate of drug-likeness (QED) is 0.847. The summed E-state index contributed by atoms with van der Waals surface area (Å²) in [6.07, 6.45) is 0.779. The summed E-state index contributed by atoms with van der Waals surface area (Å²) in [5, 5.41) is 9.82. The predicted molar refractivity (Wildman–Crippen MR) is 100 cm³/mol. The van der Waals surface area contributed by atoms with Crippen LogP contribution in [0.4, 0.5) is 0 Å². The number of methoxy groups -OCH3 is 1. The SMILES string of the molecule is COc1ccc(OCC(=O)N2CCC(C(=O)O)(c3ccccc3)CC2)cc1. The van der Waals surface area contributed by atoms with Crippen LogP contribution in [0.15, 0.2) is 54.6 Å². The number of piperidine rings is 1. The third-order valence-electron chi connectivity index (χ3n) is 5.13. The Hall–Kier alpha value is -3.02. The van der Waals surface area contributed by atoms with E-state index in [0.717, 1.165) is 11.3 Å². The lowest BCUT2D eigenvalue weighted by Gasteiger charge is -2.39. The van der Waals surface area contributed by atoms with Crippen LogP contribution in [0.5, 0.6) is 11.5 Å². The maximum atomic E-state index is 12.4. The summed E-state index contributed by atoms with van der Waals surface area (Å²) in [7, 11) is 1.59. The zero-order valence-corrected chi connectivity index (χ0v) is 15.3. The van der Waals surface area contributed by atoms with E-state index in [2.05, 4.69) is 0 Å². The number of rotatable bonds is 6. The minimum atomic E-state index is -0.936. The van der Waals surface area contributed by atoms with Crippen molar-refractivity contribution in [3.63, 3.8) is 0 Å². The largest absolute Gasteiger partial charge is 0.497 e. The molecule has 0 spiro atoms. The second kappa shape index (κ2) is 8.12. The zero-order valence-electron chi connectivity index (χ0n) is 15.3. The number of nitrogens with zero attached hydrogens (tertiary/aromatic N) is 1. The monoisotopic (exact) mass is 369 g/mol. The Balaban J connectivity index is 1.59. The molecule has 0 aliphatic carbocycles. The van der Waals surface area contributed by atoms with E-state index < -0.39 is 11.4 Å². The minimum absolute atomic E-state index is 0.0717. The number of likely N-dealkylation sites (tertiary alicyclic amines) is 1. The van der Waals surface area contributed by atoms with E-state index in [1.54, 1.807) is 36.3 Å². The molecule has 0 bridgehead atoms. The van der Waals surface area contributed by atoms with Crippen molar-refractivity contribution in [3.8, 4) is 11.5 Å². The first kappa shape index (κ1) is 18.8. The van der Waals surface area contributed by atoms with Gasteiger partial charge in [-0.25, -0.2) is 0 Å². The van der Waals surface area contributed by atoms with Gasteiger partial charge in [-0.2, -0.15) is 0 Å². The molecule has 1 aliphatic rings. The van der Waals surface area contributed by atoms with Gasteiger partial charge in [0.1, 0.15) is 11.5 Å². The lowest BCUT2D eigenvalue weighted by molar-refractivity contribution is -0.148. The number of benzene rings is 2. The Bertz CT molecular complexity index is 780. The van der Waals surface area contributed by atoms with Gasteiger partial charge in [-0.15, -0.1) is 0 Å². The van der Waals surface area contributed by atoms with Crippen molar-refractivity contribution in [1.82, 2.24) is 4.90 Å². The lowest BCUT2D eigenvalue weighted by Crippen LogP contribution is -2.50. The predicted octanol–water partition coefficient (Wildman–Crippen LogP) is 2.72. The molecule has 27 heavy (non-hydrogen) atoms. The molecule has 0 unspecified atom stereocenters. The van der Waals surface area contributed by atoms with Crippen LogP contribution in [-0.4, -0.2) is 48.7 Å². The smallest absolute Gasteiger partial charge is 0.314 e. The molecular weight excluding hydrogens is 346 g/mol. The van der Waals surface area contributed by atoms with Crippen LogP contribution < -0.4 is 9.47 Å². The summed E-state index contributed by atoms with van der Waals surface area (Å²) >= 11 is 0. The highest BCUT2D eigenvalue weighted by Crippen LogP contribution is 2.36. The molecule has 0 saturated carbocycles. The molecule has 0 aromatic heterocycles. The fraction of sp³-hybridized carbons (Fsp3) is 0.333. The van der Waals surface area contributed by atoms with Crippen molar-refractivity contribution in [2.45, 2.75) is 18.3 Å². The fourth-order valence-corrected chi connectivity index (χ4v) is 3.43. The van der Waals surface area contributed by atoms with E-state index in [-0.39, 0.29) is 12.5 Å². The van der Waals surface area contributed by atoms with Crippen molar-refractivity contribution >= 4 is 11.9 Å². The van der Waals surface area contributed by atoms with E-state index in [0.29, 0.717) is 31.7 Å². The molecular formula is C21H23NO5. The maximum Gasteiger partial charge on any atom is 0.314 e. The van der Waals surface area contributed by atoms with Crippen molar-refractivity contribution in [2.24, 2.45) is 0 Å². The molecule has 6 nitrogen and oxygen atoms in total. The second-order valence-corrected chi connectivity index (χ2v) is 6.60. The summed E-state index contributed by atoms with van der Waals surface area (Å²) in [6.45, 7) is 0.718. The van der Waals surface area contributed by atoms with Crippen LogP contribution in [0, 0.1) is 0 Å². The number of hydrogen-bond donors (Lipinski definition) is 1. The standard InChI is InChI=1S/C21H23NO5/c1-26-17-7-9-18(10-8-17)27-15-19(23)22-13-11-21(12-14-22,20(24)25)16-5-3-2-4-6-16/h2-10H,11-15H2,1H3,(H,24,25). The number of carbonyl (C=O) groups is 2. The molecule has 3 rings (SSSR count). The molecule has 142 valence electrons. The Morgan fingerprint density at radius 1 is 1.00 bits per heavy atom. The Kier molecular flexibility index (Phi) is 5.64. The van der Waals surface area contributed by atoms with Crippen LogP contribution >= 0.6 is 0 Å². The van der Waals surface area contributed by atoms with Crippen LogP contribution in [0.1, 0.15) is 18.4 Å². The molecule has 6 heteroatoms. The highest BCUT2D eigenvalue weighted by Gasteiger charge is 2.43. The third kappa shape index (κ3) is 4.05. The van der Waals surface area contributed by atoms with Crippen LogP contribution in [0.3, 0.4) is 0 Å². The number of aliphatic carboxylic acids is 1. The third-order valence-corrected chi connectivity index (χ3v) is 5.13. The highest BCUT2D eigenvalue weighted by atomic mass is 16.5. The molecule has 1 aliphatic heterocycles. The molecule has 1 fully saturated rings. The maximum absolute atomic E-state index is 12.4. The van der Waals surface area contributed by atoms with Crippen LogP contribution in [0.25, 0.3) is 0 Å². The highest BCUT2D eigenvalue weighted by molar-refractivity contribution is 5.83. The first-order valence-corrected chi connectivity index (χ1v) is 8.89. The second-order valence-electron chi connectivity index (χ2n) is 6.60. The number of carboxylic acids is 1. The number of amides is 1. The molecule has 1 amide bonds. The average Bonchev–Trinajstić information content (AvgIpc) is 2.73. The summed E-state index contributed by atoms with van der Waals surface area (Å²) in [5.74, 6) is 0.328. The molecule has 0 radical (unpaired) electrons. The lowest BCUT2D eigenvalue weighted by atomic mass is 9.73. The summed E-state index contributed by atoms with van der Waals surface area (Å²) in [4.78, 5) is 26.1. The summed E-state index contributed by atoms with van der Waals surface area (Å²) in [6, 6.07) is 16.3. The van der Waals surface area contributed by atoms with Gasteiger partial charge < -0.3 is 19.5 Å². The summed E-state index contributed by atoms with van der Waals surface area (Å²) in [5.41, 5.74) is -0.145. The zero-order chi connectivity index (χ0) is 19.3. The van der Waals surface area contributed by atoms with Crippen LogP contribution in [0.2, 0.25) is 0 Å². The van der Waals surface area contributed by atoms with Gasteiger partial charge in [0, 0.05) is 13.1 Å². The number of ether oxygens (including phenoxy) is 2. The number of carbonyl (C=O) groups excluding carboxylic acids is 1. The first-order valence-electron chi connectivity index (χ1n) is 8.89. The van der Waals surface area contributed by atoms with E-state index in [4.69, 9.17) is 9.47 Å². The number of carboxylic acid groups (broad SMARTS) is 1. The van der Waals surface area contributed by atoms with Gasteiger partial charge in [-0.3, -0.25) is 9.59 Å². The van der Waals surface area contributed by atoms with E-state index in [1.807, 2.05) is 30.3 Å². The van der Waals surface area contributed by atoms with Crippen molar-refractivity contribution in [2.75, 3.05) is 26.8 Å². The van der Waals surface area contributed by atoms with E-state index >= 15 is 0 Å². The summed E-state index contributed by atoms with van der Waals surface area (Å²) < 4.78 is 10.6. The molecule has 0 atom stereocenters. The normalized spacial score (nSPS) is 15.8. The topological polar surface area (TPSA) is 76.1 Å². The van der Waals surface area contributed by atoms with Gasteiger partial charge in [0.25, 0.3) is 5.91 Å². The van der Waals surface area contributed by atoms with Gasteiger partial charge in [0.05, 0.1) is 12.5 Å². The van der Waals surface area contributed by atoms with Crippen molar-refractivity contribution in [1.29, 1.82) is 0 Å². The van der Waals surface area contributed by atoms with Gasteiger partial charge in [-0.1, -0.05) is 30.3 Å². The van der Waals surface area contributed by atoms with E-state index in [1.165, 1.54) is 0 Å². The molecule has 2 aromatic rings. The van der Waals surface area contributed by atoms with Crippen molar-refractivity contribution in [3.05, 3.63) is 60.2 Å².